The highest BCUT2D eigenvalue weighted by molar-refractivity contribution is 5.85. The fourth-order valence-corrected chi connectivity index (χ4v) is 3.62. The first-order chi connectivity index (χ1) is 12.3. The van der Waals surface area contributed by atoms with E-state index < -0.39 is 0 Å². The topological polar surface area (TPSA) is 64.5 Å². The van der Waals surface area contributed by atoms with E-state index in [2.05, 4.69) is 33.6 Å². The van der Waals surface area contributed by atoms with E-state index in [1.54, 1.807) is 0 Å². The van der Waals surface area contributed by atoms with Crippen LogP contribution in [0.5, 0.6) is 0 Å². The van der Waals surface area contributed by atoms with Gasteiger partial charge in [0.2, 0.25) is 0 Å². The number of nitriles is 1. The van der Waals surface area contributed by atoms with Crippen LogP contribution in [0.25, 0.3) is 10.9 Å². The zero-order valence-electron chi connectivity index (χ0n) is 14.2. The molecule has 4 nitrogen and oxygen atoms in total. The number of aryl methyl sites for hydroxylation is 1. The lowest BCUT2D eigenvalue weighted by Gasteiger charge is -2.04. The molecule has 4 rings (SSSR count). The van der Waals surface area contributed by atoms with Gasteiger partial charge >= 0.3 is 0 Å². The number of benzene rings is 1. The third-order valence-corrected chi connectivity index (χ3v) is 5.11. The van der Waals surface area contributed by atoms with Gasteiger partial charge < -0.3 is 10.3 Å². The van der Waals surface area contributed by atoms with Crippen molar-refractivity contribution in [1.82, 2.24) is 15.3 Å². The number of nitrogens with one attached hydrogen (secondary N) is 2. The van der Waals surface area contributed by atoms with Crippen LogP contribution in [0.15, 0.2) is 48.9 Å². The van der Waals surface area contributed by atoms with Gasteiger partial charge in [0.05, 0.1) is 11.6 Å². The Kier molecular flexibility index (Phi) is 4.49. The van der Waals surface area contributed by atoms with Crippen molar-refractivity contribution in [2.45, 2.75) is 25.2 Å². The van der Waals surface area contributed by atoms with E-state index >= 15 is 0 Å². The van der Waals surface area contributed by atoms with Crippen molar-refractivity contribution < 1.29 is 0 Å². The van der Waals surface area contributed by atoms with E-state index in [0.29, 0.717) is 11.8 Å². The molecule has 2 N–H and O–H groups in total. The monoisotopic (exact) mass is 330 g/mol. The largest absolute Gasteiger partial charge is 0.361 e. The van der Waals surface area contributed by atoms with Crippen LogP contribution in [0.2, 0.25) is 0 Å². The standard InChI is InChI=1S/C21H22N4/c22-11-16-5-6-21-19(9-16)20(14-25-21)18-10-17(18)13-24-8-2-4-15-3-1-7-23-12-15/h1,3,5-7,9,12,14,17-18,24-25H,2,4,8,10,13H2. The molecule has 2 unspecified atom stereocenters. The van der Waals surface area contributed by atoms with Crippen LogP contribution in [0, 0.1) is 17.2 Å². The lowest BCUT2D eigenvalue weighted by Crippen LogP contribution is -2.19. The summed E-state index contributed by atoms with van der Waals surface area (Å²) >= 11 is 0. The fourth-order valence-electron chi connectivity index (χ4n) is 3.62. The number of pyridine rings is 1. The predicted octanol–water partition coefficient (Wildman–Crippen LogP) is 3.76. The minimum atomic E-state index is 0.619. The van der Waals surface area contributed by atoms with Gasteiger partial charge in [-0.15, -0.1) is 0 Å². The van der Waals surface area contributed by atoms with Crippen molar-refractivity contribution in [2.75, 3.05) is 13.1 Å². The van der Waals surface area contributed by atoms with Crippen molar-refractivity contribution >= 4 is 10.9 Å². The molecule has 2 atom stereocenters. The van der Waals surface area contributed by atoms with E-state index in [1.807, 2.05) is 36.7 Å². The molecule has 25 heavy (non-hydrogen) atoms. The summed E-state index contributed by atoms with van der Waals surface area (Å²) in [4.78, 5) is 7.49. The third-order valence-electron chi connectivity index (χ3n) is 5.11. The molecule has 1 aliphatic carbocycles. The van der Waals surface area contributed by atoms with Gasteiger partial charge in [0, 0.05) is 29.5 Å². The number of rotatable bonds is 7. The van der Waals surface area contributed by atoms with Crippen LogP contribution in [-0.2, 0) is 6.42 Å². The number of aromatic amines is 1. The van der Waals surface area contributed by atoms with Gasteiger partial charge in [-0.2, -0.15) is 5.26 Å². The lowest BCUT2D eigenvalue weighted by molar-refractivity contribution is 0.605. The summed E-state index contributed by atoms with van der Waals surface area (Å²) in [5.74, 6) is 1.33. The molecule has 1 aliphatic rings. The molecule has 0 aliphatic heterocycles. The van der Waals surface area contributed by atoms with E-state index in [-0.39, 0.29) is 0 Å². The molecule has 3 aromatic rings. The molecule has 2 heterocycles. The highest BCUT2D eigenvalue weighted by Gasteiger charge is 2.39. The SMILES string of the molecule is N#Cc1ccc2[nH]cc(C3CC3CNCCCc3cccnc3)c2c1. The number of H-pyrrole nitrogens is 1. The quantitative estimate of drug-likeness (QED) is 0.648. The van der Waals surface area contributed by atoms with E-state index in [9.17, 15) is 0 Å². The normalized spacial score (nSPS) is 19.0. The molecule has 0 spiro atoms. The number of nitrogens with zero attached hydrogens (tertiary/aromatic N) is 2. The summed E-state index contributed by atoms with van der Waals surface area (Å²) in [6.07, 6.45) is 9.34. The average molecular weight is 330 g/mol. The van der Waals surface area contributed by atoms with Crippen LogP contribution in [0.1, 0.15) is 35.4 Å². The molecule has 1 aromatic carbocycles. The Hall–Kier alpha value is -2.64. The molecule has 1 saturated carbocycles. The highest BCUT2D eigenvalue weighted by Crippen LogP contribution is 2.49. The fraction of sp³-hybridized carbons (Fsp3) is 0.333. The number of hydrogen-bond donors (Lipinski definition) is 2. The van der Waals surface area contributed by atoms with E-state index in [4.69, 9.17) is 5.26 Å². The zero-order chi connectivity index (χ0) is 17.1. The molecular formula is C21H22N4. The van der Waals surface area contributed by atoms with Gasteiger partial charge in [0.15, 0.2) is 0 Å². The Morgan fingerprint density at radius 2 is 2.28 bits per heavy atom. The Balaban J connectivity index is 1.26. The van der Waals surface area contributed by atoms with Gasteiger partial charge in [0.25, 0.3) is 0 Å². The average Bonchev–Trinajstić information content (AvgIpc) is 3.30. The van der Waals surface area contributed by atoms with Gasteiger partial charge in [0.1, 0.15) is 0 Å². The maximum Gasteiger partial charge on any atom is 0.0991 e. The molecule has 0 radical (unpaired) electrons. The molecule has 0 bridgehead atoms. The third kappa shape index (κ3) is 3.57. The number of aromatic nitrogens is 2. The molecule has 1 fully saturated rings. The summed E-state index contributed by atoms with van der Waals surface area (Å²) in [6, 6.07) is 12.3. The molecule has 0 saturated heterocycles. The summed E-state index contributed by atoms with van der Waals surface area (Å²) < 4.78 is 0. The molecular weight excluding hydrogens is 308 g/mol. The summed E-state index contributed by atoms with van der Waals surface area (Å²) in [5.41, 5.74) is 4.54. The minimum absolute atomic E-state index is 0.619. The van der Waals surface area contributed by atoms with Crippen molar-refractivity contribution in [3.05, 3.63) is 65.6 Å². The lowest BCUT2D eigenvalue weighted by atomic mass is 10.1. The van der Waals surface area contributed by atoms with E-state index in [1.165, 1.54) is 22.9 Å². The maximum atomic E-state index is 9.11. The first kappa shape index (κ1) is 15.9. The Labute approximate surface area is 147 Å². The molecule has 0 amide bonds. The second-order valence-electron chi connectivity index (χ2n) is 6.89. The highest BCUT2D eigenvalue weighted by atomic mass is 14.9. The van der Waals surface area contributed by atoms with Crippen LogP contribution < -0.4 is 5.32 Å². The van der Waals surface area contributed by atoms with Crippen molar-refractivity contribution in [3.63, 3.8) is 0 Å². The van der Waals surface area contributed by atoms with Gasteiger partial charge in [-0.05, 0) is 79.6 Å². The van der Waals surface area contributed by atoms with E-state index in [0.717, 1.165) is 37.0 Å². The Morgan fingerprint density at radius 3 is 3.12 bits per heavy atom. The minimum Gasteiger partial charge on any atom is -0.361 e. The smallest absolute Gasteiger partial charge is 0.0991 e. The summed E-state index contributed by atoms with van der Waals surface area (Å²) in [7, 11) is 0. The summed E-state index contributed by atoms with van der Waals surface area (Å²) in [6.45, 7) is 2.12. The Bertz CT molecular complexity index is 891. The van der Waals surface area contributed by atoms with Crippen LogP contribution in [0.3, 0.4) is 0 Å². The van der Waals surface area contributed by atoms with Crippen LogP contribution in [-0.4, -0.2) is 23.1 Å². The molecule has 126 valence electrons. The second-order valence-corrected chi connectivity index (χ2v) is 6.89. The van der Waals surface area contributed by atoms with Crippen LogP contribution in [0.4, 0.5) is 0 Å². The zero-order valence-corrected chi connectivity index (χ0v) is 14.2. The van der Waals surface area contributed by atoms with Gasteiger partial charge in [-0.25, -0.2) is 0 Å². The first-order valence-electron chi connectivity index (χ1n) is 8.96. The molecule has 4 heteroatoms. The maximum absolute atomic E-state index is 9.11. The first-order valence-corrected chi connectivity index (χ1v) is 8.96. The second kappa shape index (κ2) is 7.08. The van der Waals surface area contributed by atoms with Gasteiger partial charge in [-0.1, -0.05) is 6.07 Å². The summed E-state index contributed by atoms with van der Waals surface area (Å²) in [5, 5.41) is 13.9. The Morgan fingerprint density at radius 1 is 1.32 bits per heavy atom. The van der Waals surface area contributed by atoms with Gasteiger partial charge in [-0.3, -0.25) is 4.98 Å². The van der Waals surface area contributed by atoms with Crippen molar-refractivity contribution in [1.29, 1.82) is 5.26 Å². The number of hydrogen-bond acceptors (Lipinski definition) is 3. The van der Waals surface area contributed by atoms with Crippen molar-refractivity contribution in [3.8, 4) is 6.07 Å². The predicted molar refractivity (Wildman–Crippen MR) is 99.3 cm³/mol. The van der Waals surface area contributed by atoms with Crippen molar-refractivity contribution in [2.24, 2.45) is 5.92 Å². The number of fused-ring (bicyclic) bond motifs is 1. The van der Waals surface area contributed by atoms with Crippen LogP contribution >= 0.6 is 0 Å². The molecule has 2 aromatic heterocycles.